The van der Waals surface area contributed by atoms with Crippen molar-refractivity contribution in [1.29, 1.82) is 0 Å². The summed E-state index contributed by atoms with van der Waals surface area (Å²) < 4.78 is 0. The molecule has 0 aromatic rings. The van der Waals surface area contributed by atoms with Crippen molar-refractivity contribution in [3.8, 4) is 0 Å². The maximum Gasteiger partial charge on any atom is 0.00728 e. The highest BCUT2D eigenvalue weighted by Gasteiger charge is 2.43. The van der Waals surface area contributed by atoms with Gasteiger partial charge in [-0.2, -0.15) is 0 Å². The van der Waals surface area contributed by atoms with Gasteiger partial charge in [-0.1, -0.05) is 20.8 Å². The summed E-state index contributed by atoms with van der Waals surface area (Å²) in [5.41, 5.74) is 0.667. The lowest BCUT2D eigenvalue weighted by Gasteiger charge is -2.41. The Morgan fingerprint density at radius 2 is 1.72 bits per heavy atom. The molecule has 2 heterocycles. The summed E-state index contributed by atoms with van der Waals surface area (Å²) in [6.07, 6.45) is 4.28. The van der Waals surface area contributed by atoms with Gasteiger partial charge in [0.1, 0.15) is 0 Å². The first-order valence-corrected chi connectivity index (χ1v) is 8.04. The molecule has 0 radical (unpaired) electrons. The molecule has 0 N–H and O–H groups in total. The SMILES string of the molecule is CC.CCN1CC2(CCN(C(C)C)CC2)CC1C. The van der Waals surface area contributed by atoms with Crippen LogP contribution in [0.25, 0.3) is 0 Å². The van der Waals surface area contributed by atoms with E-state index < -0.39 is 0 Å². The van der Waals surface area contributed by atoms with E-state index in [1.807, 2.05) is 13.8 Å². The molecular formula is C16H34N2. The molecule has 2 nitrogen and oxygen atoms in total. The summed E-state index contributed by atoms with van der Waals surface area (Å²) in [7, 11) is 0. The molecule has 0 aromatic carbocycles. The highest BCUT2D eigenvalue weighted by Crippen LogP contribution is 2.43. The fraction of sp³-hybridized carbons (Fsp3) is 1.00. The molecule has 2 fully saturated rings. The van der Waals surface area contributed by atoms with Gasteiger partial charge in [0, 0.05) is 18.6 Å². The van der Waals surface area contributed by atoms with Gasteiger partial charge in [0.15, 0.2) is 0 Å². The van der Waals surface area contributed by atoms with E-state index in [-0.39, 0.29) is 0 Å². The zero-order valence-electron chi connectivity index (χ0n) is 13.5. The monoisotopic (exact) mass is 254 g/mol. The van der Waals surface area contributed by atoms with E-state index in [1.54, 1.807) is 0 Å². The second-order valence-electron chi connectivity index (χ2n) is 6.25. The Hall–Kier alpha value is -0.0800. The zero-order chi connectivity index (χ0) is 13.8. The molecule has 0 bridgehead atoms. The van der Waals surface area contributed by atoms with E-state index in [2.05, 4.69) is 37.5 Å². The Bertz CT molecular complexity index is 229. The van der Waals surface area contributed by atoms with Crippen LogP contribution in [-0.4, -0.2) is 48.1 Å². The molecule has 108 valence electrons. The standard InChI is InChI=1S/C14H28N2.C2H6/c1-5-15-11-14(10-13(15)4)6-8-16(9-7-14)12(2)3;1-2/h12-13H,5-11H2,1-4H3;1-2H3. The maximum atomic E-state index is 2.67. The molecule has 0 aliphatic carbocycles. The van der Waals surface area contributed by atoms with Gasteiger partial charge in [0.25, 0.3) is 0 Å². The van der Waals surface area contributed by atoms with Gasteiger partial charge in [0.05, 0.1) is 0 Å². The minimum absolute atomic E-state index is 0.667. The van der Waals surface area contributed by atoms with Gasteiger partial charge in [0.2, 0.25) is 0 Å². The largest absolute Gasteiger partial charge is 0.301 e. The highest BCUT2D eigenvalue weighted by atomic mass is 15.2. The molecule has 0 aromatic heterocycles. The molecule has 2 rings (SSSR count). The molecule has 2 aliphatic rings. The molecule has 1 unspecified atom stereocenters. The normalized spacial score (nSPS) is 28.5. The third kappa shape index (κ3) is 3.48. The Balaban J connectivity index is 0.000000771. The van der Waals surface area contributed by atoms with Gasteiger partial charge in [-0.3, -0.25) is 0 Å². The predicted molar refractivity (Wildman–Crippen MR) is 81.1 cm³/mol. The summed E-state index contributed by atoms with van der Waals surface area (Å²) in [5.74, 6) is 0. The fourth-order valence-electron chi connectivity index (χ4n) is 3.71. The lowest BCUT2D eigenvalue weighted by Crippen LogP contribution is -2.44. The van der Waals surface area contributed by atoms with Crippen molar-refractivity contribution < 1.29 is 0 Å². The van der Waals surface area contributed by atoms with Crippen LogP contribution in [0.15, 0.2) is 0 Å². The number of hydrogen-bond donors (Lipinski definition) is 0. The summed E-state index contributed by atoms with van der Waals surface area (Å²) >= 11 is 0. The van der Waals surface area contributed by atoms with E-state index in [1.165, 1.54) is 45.4 Å². The summed E-state index contributed by atoms with van der Waals surface area (Å²) in [6, 6.07) is 1.55. The summed E-state index contributed by atoms with van der Waals surface area (Å²) in [5, 5.41) is 0. The molecule has 2 saturated heterocycles. The number of nitrogens with zero attached hydrogens (tertiary/aromatic N) is 2. The minimum atomic E-state index is 0.667. The predicted octanol–water partition coefficient (Wildman–Crippen LogP) is 3.62. The van der Waals surface area contributed by atoms with Crippen LogP contribution in [0.2, 0.25) is 0 Å². The average molecular weight is 254 g/mol. The Morgan fingerprint density at radius 3 is 2.11 bits per heavy atom. The van der Waals surface area contributed by atoms with Gasteiger partial charge >= 0.3 is 0 Å². The number of piperidine rings is 1. The molecule has 1 atom stereocenters. The van der Waals surface area contributed by atoms with E-state index in [0.29, 0.717) is 5.41 Å². The van der Waals surface area contributed by atoms with Crippen LogP contribution in [0.1, 0.15) is 60.8 Å². The van der Waals surface area contributed by atoms with Crippen LogP contribution in [0.4, 0.5) is 0 Å². The first kappa shape index (κ1) is 16.0. The van der Waals surface area contributed by atoms with Crippen LogP contribution >= 0.6 is 0 Å². The van der Waals surface area contributed by atoms with Crippen molar-refractivity contribution in [2.24, 2.45) is 5.41 Å². The molecule has 2 heteroatoms. The van der Waals surface area contributed by atoms with Gasteiger partial charge in [-0.25, -0.2) is 0 Å². The average Bonchev–Trinajstić information content (AvgIpc) is 2.68. The third-order valence-corrected chi connectivity index (χ3v) is 4.89. The first-order valence-electron chi connectivity index (χ1n) is 8.04. The van der Waals surface area contributed by atoms with Crippen molar-refractivity contribution in [3.63, 3.8) is 0 Å². The van der Waals surface area contributed by atoms with Crippen molar-refractivity contribution in [1.82, 2.24) is 9.80 Å². The second kappa shape index (κ2) is 6.91. The number of rotatable bonds is 2. The van der Waals surface area contributed by atoms with E-state index in [9.17, 15) is 0 Å². The summed E-state index contributed by atoms with van der Waals surface area (Å²) in [4.78, 5) is 5.32. The Kier molecular flexibility index (Phi) is 6.13. The van der Waals surface area contributed by atoms with E-state index in [4.69, 9.17) is 0 Å². The highest BCUT2D eigenvalue weighted by molar-refractivity contribution is 4.97. The van der Waals surface area contributed by atoms with Crippen molar-refractivity contribution in [2.75, 3.05) is 26.2 Å². The van der Waals surface area contributed by atoms with Crippen molar-refractivity contribution in [3.05, 3.63) is 0 Å². The quantitative estimate of drug-likeness (QED) is 0.742. The lowest BCUT2D eigenvalue weighted by atomic mass is 9.76. The van der Waals surface area contributed by atoms with Crippen LogP contribution in [0, 0.1) is 5.41 Å². The fourth-order valence-corrected chi connectivity index (χ4v) is 3.71. The number of likely N-dealkylation sites (tertiary alicyclic amines) is 2. The first-order chi connectivity index (χ1) is 8.56. The molecule has 0 amide bonds. The Morgan fingerprint density at radius 1 is 1.17 bits per heavy atom. The second-order valence-corrected chi connectivity index (χ2v) is 6.25. The third-order valence-electron chi connectivity index (χ3n) is 4.89. The van der Waals surface area contributed by atoms with Crippen LogP contribution in [0.3, 0.4) is 0 Å². The van der Waals surface area contributed by atoms with Crippen LogP contribution < -0.4 is 0 Å². The van der Waals surface area contributed by atoms with Gasteiger partial charge < -0.3 is 9.80 Å². The molecule has 2 aliphatic heterocycles. The van der Waals surface area contributed by atoms with Crippen LogP contribution in [0.5, 0.6) is 0 Å². The molecule has 0 saturated carbocycles. The van der Waals surface area contributed by atoms with E-state index >= 15 is 0 Å². The lowest BCUT2D eigenvalue weighted by molar-refractivity contribution is 0.0875. The maximum absolute atomic E-state index is 2.67. The zero-order valence-corrected chi connectivity index (χ0v) is 13.5. The van der Waals surface area contributed by atoms with Gasteiger partial charge in [-0.05, 0) is 65.1 Å². The van der Waals surface area contributed by atoms with E-state index in [0.717, 1.165) is 12.1 Å². The topological polar surface area (TPSA) is 6.48 Å². The summed E-state index contributed by atoms with van der Waals surface area (Å²) in [6.45, 7) is 18.6. The van der Waals surface area contributed by atoms with Crippen molar-refractivity contribution >= 4 is 0 Å². The smallest absolute Gasteiger partial charge is 0.00728 e. The minimum Gasteiger partial charge on any atom is -0.301 e. The molecule has 18 heavy (non-hydrogen) atoms. The number of hydrogen-bond acceptors (Lipinski definition) is 2. The van der Waals surface area contributed by atoms with Gasteiger partial charge in [-0.15, -0.1) is 0 Å². The van der Waals surface area contributed by atoms with Crippen molar-refractivity contribution in [2.45, 2.75) is 72.9 Å². The molecule has 1 spiro atoms. The Labute approximate surface area is 115 Å². The van der Waals surface area contributed by atoms with Crippen LogP contribution in [-0.2, 0) is 0 Å². The molecular weight excluding hydrogens is 220 g/mol.